The van der Waals surface area contributed by atoms with Gasteiger partial charge in [0.25, 0.3) is 0 Å². The number of nitrogens with one attached hydrogen (secondary N) is 2. The predicted octanol–water partition coefficient (Wildman–Crippen LogP) is 0.202. The maximum Gasteiger partial charge on any atom is 0.315 e. The van der Waals surface area contributed by atoms with Gasteiger partial charge in [0.1, 0.15) is 0 Å². The molecule has 1 atom stereocenters. The van der Waals surface area contributed by atoms with Crippen LogP contribution in [-0.2, 0) is 14.3 Å². The second kappa shape index (κ2) is 10.8. The Kier molecular flexibility index (Phi) is 9.99. The molecule has 2 amide bonds. The van der Waals surface area contributed by atoms with Crippen LogP contribution in [0.3, 0.4) is 0 Å². The Balaban J connectivity index is 3.39. The van der Waals surface area contributed by atoms with Gasteiger partial charge in [-0.2, -0.15) is 0 Å². The van der Waals surface area contributed by atoms with Gasteiger partial charge in [-0.05, 0) is 13.3 Å². The number of ether oxygens (including phenoxy) is 2. The molecule has 0 saturated heterocycles. The molecule has 0 aliphatic heterocycles. The number of aliphatic carboxylic acids is 1. The molecule has 3 N–H and O–H groups in total. The zero-order valence-electron chi connectivity index (χ0n) is 10.9. The Morgan fingerprint density at radius 2 is 2.00 bits per heavy atom. The lowest BCUT2D eigenvalue weighted by atomic mass is 10.2. The second-order valence-electron chi connectivity index (χ2n) is 3.86. The van der Waals surface area contributed by atoms with Gasteiger partial charge in [0, 0.05) is 26.3 Å². The summed E-state index contributed by atoms with van der Waals surface area (Å²) in [4.78, 5) is 21.7. The molecule has 106 valence electrons. The van der Waals surface area contributed by atoms with Crippen LogP contribution in [0.1, 0.15) is 19.8 Å². The van der Waals surface area contributed by atoms with Crippen molar-refractivity contribution >= 4 is 12.0 Å². The number of urea groups is 1. The fourth-order valence-electron chi connectivity index (χ4n) is 1.21. The molecule has 0 aromatic rings. The van der Waals surface area contributed by atoms with E-state index in [1.165, 1.54) is 0 Å². The molecule has 0 aromatic heterocycles. The molecule has 0 bridgehead atoms. The van der Waals surface area contributed by atoms with E-state index in [2.05, 4.69) is 10.6 Å². The normalized spacial score (nSPS) is 11.9. The molecule has 0 aromatic carbocycles. The third-order valence-corrected chi connectivity index (χ3v) is 2.04. The number of carboxylic acid groups (broad SMARTS) is 1. The van der Waals surface area contributed by atoms with Crippen LogP contribution in [0.4, 0.5) is 4.79 Å². The van der Waals surface area contributed by atoms with Crippen LogP contribution in [0.25, 0.3) is 0 Å². The molecule has 1 unspecified atom stereocenters. The van der Waals surface area contributed by atoms with Crippen LogP contribution in [0.5, 0.6) is 0 Å². The Morgan fingerprint density at radius 3 is 2.61 bits per heavy atom. The zero-order valence-corrected chi connectivity index (χ0v) is 10.9. The standard InChI is InChI=1S/C11H22N2O5/c1-9(8-10(14)15)13-11(16)12-4-3-5-18-7-6-17-2/h9H,3-8H2,1-2H3,(H,14,15)(H2,12,13,16). The van der Waals surface area contributed by atoms with Gasteiger partial charge in [-0.1, -0.05) is 0 Å². The number of amides is 2. The number of carbonyl (C=O) groups is 2. The summed E-state index contributed by atoms with van der Waals surface area (Å²) in [7, 11) is 1.60. The van der Waals surface area contributed by atoms with E-state index in [0.717, 1.165) is 0 Å². The molecule has 7 heteroatoms. The first-order valence-electron chi connectivity index (χ1n) is 5.89. The van der Waals surface area contributed by atoms with E-state index in [1.54, 1.807) is 14.0 Å². The minimum atomic E-state index is -0.936. The van der Waals surface area contributed by atoms with Gasteiger partial charge in [0.05, 0.1) is 19.6 Å². The van der Waals surface area contributed by atoms with Gasteiger partial charge >= 0.3 is 12.0 Å². The lowest BCUT2D eigenvalue weighted by molar-refractivity contribution is -0.137. The van der Waals surface area contributed by atoms with Crippen LogP contribution in [0, 0.1) is 0 Å². The lowest BCUT2D eigenvalue weighted by Crippen LogP contribution is -2.42. The van der Waals surface area contributed by atoms with Gasteiger partial charge in [0.2, 0.25) is 0 Å². The average Bonchev–Trinajstić information content (AvgIpc) is 2.26. The quantitative estimate of drug-likeness (QED) is 0.489. The van der Waals surface area contributed by atoms with Gasteiger partial charge in [-0.25, -0.2) is 4.79 Å². The Morgan fingerprint density at radius 1 is 1.28 bits per heavy atom. The largest absolute Gasteiger partial charge is 0.481 e. The van der Waals surface area contributed by atoms with E-state index in [1.807, 2.05) is 0 Å². The molecule has 0 saturated carbocycles. The van der Waals surface area contributed by atoms with Crippen LogP contribution in [-0.4, -0.2) is 56.6 Å². The van der Waals surface area contributed by atoms with E-state index in [0.29, 0.717) is 32.8 Å². The van der Waals surface area contributed by atoms with Crippen LogP contribution in [0.2, 0.25) is 0 Å². The highest BCUT2D eigenvalue weighted by molar-refractivity contribution is 5.75. The molecule has 0 heterocycles. The summed E-state index contributed by atoms with van der Waals surface area (Å²) in [5.41, 5.74) is 0. The van der Waals surface area contributed by atoms with Crippen molar-refractivity contribution in [3.8, 4) is 0 Å². The number of carboxylic acids is 1. The highest BCUT2D eigenvalue weighted by Crippen LogP contribution is 1.89. The van der Waals surface area contributed by atoms with Gasteiger partial charge in [0.15, 0.2) is 0 Å². The lowest BCUT2D eigenvalue weighted by Gasteiger charge is -2.12. The molecule has 0 spiro atoms. The first-order valence-corrected chi connectivity index (χ1v) is 5.89. The number of methoxy groups -OCH3 is 1. The SMILES string of the molecule is COCCOCCCNC(=O)NC(C)CC(=O)O. The van der Waals surface area contributed by atoms with E-state index >= 15 is 0 Å². The van der Waals surface area contributed by atoms with Crippen molar-refractivity contribution in [3.05, 3.63) is 0 Å². The Hall–Kier alpha value is -1.34. The molecule has 0 aliphatic carbocycles. The van der Waals surface area contributed by atoms with Crippen molar-refractivity contribution in [3.63, 3.8) is 0 Å². The van der Waals surface area contributed by atoms with E-state index in [-0.39, 0.29) is 18.5 Å². The fourth-order valence-corrected chi connectivity index (χ4v) is 1.21. The average molecular weight is 262 g/mol. The van der Waals surface area contributed by atoms with E-state index in [4.69, 9.17) is 14.6 Å². The van der Waals surface area contributed by atoms with Gasteiger partial charge in [-0.3, -0.25) is 4.79 Å². The van der Waals surface area contributed by atoms with E-state index < -0.39 is 5.97 Å². The van der Waals surface area contributed by atoms with E-state index in [9.17, 15) is 9.59 Å². The zero-order chi connectivity index (χ0) is 13.8. The van der Waals surface area contributed by atoms with Crippen LogP contribution < -0.4 is 10.6 Å². The maximum absolute atomic E-state index is 11.3. The summed E-state index contributed by atoms with van der Waals surface area (Å²) in [6.07, 6.45) is 0.609. The fraction of sp³-hybridized carbons (Fsp3) is 0.818. The molecule has 7 nitrogen and oxygen atoms in total. The first-order chi connectivity index (χ1) is 8.56. The Bertz CT molecular complexity index is 248. The third-order valence-electron chi connectivity index (χ3n) is 2.04. The smallest absolute Gasteiger partial charge is 0.315 e. The highest BCUT2D eigenvalue weighted by Gasteiger charge is 2.09. The van der Waals surface area contributed by atoms with Crippen molar-refractivity contribution < 1.29 is 24.2 Å². The van der Waals surface area contributed by atoms with Crippen LogP contribution >= 0.6 is 0 Å². The summed E-state index contributed by atoms with van der Waals surface area (Å²) in [5.74, 6) is -0.936. The third kappa shape index (κ3) is 11.2. The van der Waals surface area contributed by atoms with Crippen molar-refractivity contribution in [1.82, 2.24) is 10.6 Å². The molecular weight excluding hydrogens is 240 g/mol. The summed E-state index contributed by atoms with van der Waals surface area (Å²) in [5, 5.41) is 13.7. The van der Waals surface area contributed by atoms with Crippen molar-refractivity contribution in [1.29, 1.82) is 0 Å². The molecule has 0 aliphatic rings. The molecular formula is C11H22N2O5. The summed E-state index contributed by atoms with van der Waals surface area (Å²) in [6.45, 7) is 3.77. The number of hydrogen-bond acceptors (Lipinski definition) is 4. The molecule has 0 fully saturated rings. The maximum atomic E-state index is 11.3. The summed E-state index contributed by atoms with van der Waals surface area (Å²) >= 11 is 0. The molecule has 0 rings (SSSR count). The predicted molar refractivity (Wildman–Crippen MR) is 65.6 cm³/mol. The highest BCUT2D eigenvalue weighted by atomic mass is 16.5. The number of rotatable bonds is 10. The molecule has 0 radical (unpaired) electrons. The van der Waals surface area contributed by atoms with Gasteiger partial charge < -0.3 is 25.2 Å². The van der Waals surface area contributed by atoms with Crippen LogP contribution in [0.15, 0.2) is 0 Å². The second-order valence-corrected chi connectivity index (χ2v) is 3.86. The van der Waals surface area contributed by atoms with Crippen molar-refractivity contribution in [2.45, 2.75) is 25.8 Å². The number of hydrogen-bond donors (Lipinski definition) is 3. The monoisotopic (exact) mass is 262 g/mol. The van der Waals surface area contributed by atoms with Crippen molar-refractivity contribution in [2.75, 3.05) is 33.5 Å². The minimum Gasteiger partial charge on any atom is -0.481 e. The van der Waals surface area contributed by atoms with Gasteiger partial charge in [-0.15, -0.1) is 0 Å². The summed E-state index contributed by atoms with van der Waals surface area (Å²) in [6, 6.07) is -0.749. The summed E-state index contributed by atoms with van der Waals surface area (Å²) < 4.78 is 10.0. The Labute approximate surface area is 107 Å². The number of carbonyl (C=O) groups excluding carboxylic acids is 1. The van der Waals surface area contributed by atoms with Crippen molar-refractivity contribution in [2.24, 2.45) is 0 Å². The topological polar surface area (TPSA) is 96.9 Å². The first kappa shape index (κ1) is 16.7. The minimum absolute atomic E-state index is 0.0897. The molecule has 18 heavy (non-hydrogen) atoms.